The first-order valence-electron chi connectivity index (χ1n) is 8.80. The summed E-state index contributed by atoms with van der Waals surface area (Å²) in [5.74, 6) is -1.19. The van der Waals surface area contributed by atoms with Crippen molar-refractivity contribution in [2.75, 3.05) is 37.6 Å². The molecule has 1 saturated heterocycles. The highest BCUT2D eigenvalue weighted by atomic mass is 35.5. The standard InChI is InChI=1S/C18H20ClFN4O4S.ClH/c1-28-18(25)13-2-3-14(22-11-13)12-24(15-4-5-17(20)16(19)10-15)29(26,27)23-8-6-21-7-9-23;/h2-5,10-11,21H,6-9,12H2,1H3;1H. The van der Waals surface area contributed by atoms with Crippen molar-refractivity contribution >= 4 is 45.9 Å². The number of halogens is 3. The van der Waals surface area contributed by atoms with Crippen LogP contribution in [0.3, 0.4) is 0 Å². The minimum Gasteiger partial charge on any atom is -0.465 e. The molecule has 0 unspecified atom stereocenters. The Morgan fingerprint density at radius 2 is 2.00 bits per heavy atom. The number of carbonyl (C=O) groups excluding carboxylic acids is 1. The normalized spacial score (nSPS) is 14.6. The van der Waals surface area contributed by atoms with Crippen molar-refractivity contribution in [1.29, 1.82) is 0 Å². The molecule has 0 bridgehead atoms. The molecule has 164 valence electrons. The number of benzene rings is 1. The van der Waals surface area contributed by atoms with Gasteiger partial charge in [-0.05, 0) is 30.3 Å². The Kier molecular flexibility index (Phi) is 8.39. The van der Waals surface area contributed by atoms with Gasteiger partial charge in [-0.3, -0.25) is 9.29 Å². The van der Waals surface area contributed by atoms with Crippen molar-refractivity contribution in [2.45, 2.75) is 6.54 Å². The number of aromatic nitrogens is 1. The molecule has 0 aliphatic carbocycles. The number of esters is 1. The molecule has 2 heterocycles. The lowest BCUT2D eigenvalue weighted by Crippen LogP contribution is -2.51. The Bertz CT molecular complexity index is 986. The zero-order valence-corrected chi connectivity index (χ0v) is 18.4. The van der Waals surface area contributed by atoms with Crippen LogP contribution in [0.2, 0.25) is 5.02 Å². The molecule has 0 radical (unpaired) electrons. The monoisotopic (exact) mass is 478 g/mol. The van der Waals surface area contributed by atoms with Gasteiger partial charge in [0, 0.05) is 32.4 Å². The Labute approximate surface area is 185 Å². The quantitative estimate of drug-likeness (QED) is 0.640. The predicted octanol–water partition coefficient (Wildman–Crippen LogP) is 2.24. The van der Waals surface area contributed by atoms with Crippen LogP contribution in [0.25, 0.3) is 0 Å². The maximum Gasteiger partial charge on any atom is 0.339 e. The summed E-state index contributed by atoms with van der Waals surface area (Å²) in [5.41, 5.74) is 0.864. The summed E-state index contributed by atoms with van der Waals surface area (Å²) in [6.45, 7) is 1.56. The zero-order valence-electron chi connectivity index (χ0n) is 16.0. The van der Waals surface area contributed by atoms with E-state index in [2.05, 4.69) is 15.0 Å². The van der Waals surface area contributed by atoms with Gasteiger partial charge in [0.25, 0.3) is 0 Å². The second-order valence-corrected chi connectivity index (χ2v) is 8.55. The first-order valence-corrected chi connectivity index (χ1v) is 10.6. The smallest absolute Gasteiger partial charge is 0.339 e. The predicted molar refractivity (Wildman–Crippen MR) is 114 cm³/mol. The fourth-order valence-electron chi connectivity index (χ4n) is 2.86. The van der Waals surface area contributed by atoms with E-state index >= 15 is 0 Å². The molecule has 2 aromatic rings. The van der Waals surface area contributed by atoms with Gasteiger partial charge in [-0.1, -0.05) is 11.6 Å². The van der Waals surface area contributed by atoms with E-state index in [0.29, 0.717) is 31.9 Å². The van der Waals surface area contributed by atoms with Gasteiger partial charge in [0.05, 0.1) is 35.6 Å². The van der Waals surface area contributed by atoms with Gasteiger partial charge in [-0.25, -0.2) is 9.18 Å². The van der Waals surface area contributed by atoms with Crippen LogP contribution in [0.15, 0.2) is 36.5 Å². The number of hydrogen-bond acceptors (Lipinski definition) is 6. The van der Waals surface area contributed by atoms with E-state index in [1.807, 2.05) is 0 Å². The molecule has 1 aromatic heterocycles. The number of rotatable bonds is 6. The molecule has 1 aliphatic heterocycles. The number of hydrogen-bond donors (Lipinski definition) is 1. The van der Waals surface area contributed by atoms with E-state index in [9.17, 15) is 17.6 Å². The third-order valence-corrected chi connectivity index (χ3v) is 6.63. The van der Waals surface area contributed by atoms with Crippen LogP contribution in [0, 0.1) is 5.82 Å². The largest absolute Gasteiger partial charge is 0.465 e. The average molecular weight is 479 g/mol. The Morgan fingerprint density at radius 3 is 2.57 bits per heavy atom. The van der Waals surface area contributed by atoms with Crippen LogP contribution in [-0.4, -0.2) is 57.0 Å². The molecule has 1 N–H and O–H groups in total. The maximum atomic E-state index is 13.6. The molecule has 8 nitrogen and oxygen atoms in total. The number of carbonyl (C=O) groups is 1. The molecule has 30 heavy (non-hydrogen) atoms. The summed E-state index contributed by atoms with van der Waals surface area (Å²) >= 11 is 5.88. The second-order valence-electron chi connectivity index (χ2n) is 6.29. The van der Waals surface area contributed by atoms with Crippen LogP contribution < -0.4 is 9.62 Å². The van der Waals surface area contributed by atoms with E-state index in [4.69, 9.17) is 11.6 Å². The van der Waals surface area contributed by atoms with Crippen molar-refractivity contribution < 1.29 is 22.3 Å². The van der Waals surface area contributed by atoms with E-state index in [0.717, 1.165) is 10.4 Å². The molecule has 0 atom stereocenters. The highest BCUT2D eigenvalue weighted by molar-refractivity contribution is 7.90. The van der Waals surface area contributed by atoms with Crippen LogP contribution >= 0.6 is 24.0 Å². The van der Waals surface area contributed by atoms with Crippen molar-refractivity contribution in [1.82, 2.24) is 14.6 Å². The number of anilines is 1. The van der Waals surface area contributed by atoms with Gasteiger partial charge in [-0.15, -0.1) is 12.4 Å². The van der Waals surface area contributed by atoms with Crippen LogP contribution in [0.1, 0.15) is 16.1 Å². The lowest BCUT2D eigenvalue weighted by atomic mass is 10.2. The van der Waals surface area contributed by atoms with Crippen LogP contribution in [-0.2, 0) is 21.5 Å². The Hall–Kier alpha value is -1.98. The molecule has 0 spiro atoms. The Morgan fingerprint density at radius 1 is 1.30 bits per heavy atom. The summed E-state index contributed by atoms with van der Waals surface area (Å²) in [4.78, 5) is 15.7. The van der Waals surface area contributed by atoms with E-state index in [-0.39, 0.29) is 35.2 Å². The lowest BCUT2D eigenvalue weighted by molar-refractivity contribution is 0.0600. The molecular formula is C18H21Cl2FN4O4S. The molecule has 1 aliphatic rings. The summed E-state index contributed by atoms with van der Waals surface area (Å²) in [5, 5.41) is 2.92. The minimum atomic E-state index is -3.92. The summed E-state index contributed by atoms with van der Waals surface area (Å²) in [6, 6.07) is 6.77. The first kappa shape index (κ1) is 24.3. The third kappa shape index (κ3) is 5.38. The van der Waals surface area contributed by atoms with Crippen molar-refractivity contribution in [3.8, 4) is 0 Å². The van der Waals surface area contributed by atoms with Gasteiger partial charge in [0.15, 0.2) is 0 Å². The first-order chi connectivity index (χ1) is 13.8. The molecule has 3 rings (SSSR count). The highest BCUT2D eigenvalue weighted by Gasteiger charge is 2.31. The van der Waals surface area contributed by atoms with Gasteiger partial charge in [-0.2, -0.15) is 12.7 Å². The third-order valence-electron chi connectivity index (χ3n) is 4.42. The number of piperazine rings is 1. The van der Waals surface area contributed by atoms with Gasteiger partial charge < -0.3 is 10.1 Å². The van der Waals surface area contributed by atoms with E-state index in [1.54, 1.807) is 0 Å². The SMILES string of the molecule is COC(=O)c1ccc(CN(c2ccc(F)c(Cl)c2)S(=O)(=O)N2CCNCC2)nc1.Cl. The van der Waals surface area contributed by atoms with Crippen molar-refractivity contribution in [3.63, 3.8) is 0 Å². The fraction of sp³-hybridized carbons (Fsp3) is 0.333. The lowest BCUT2D eigenvalue weighted by Gasteiger charge is -2.33. The van der Waals surface area contributed by atoms with Crippen LogP contribution in [0.5, 0.6) is 0 Å². The molecule has 0 amide bonds. The molecule has 1 aromatic carbocycles. The van der Waals surface area contributed by atoms with Crippen molar-refractivity contribution in [3.05, 3.63) is 58.6 Å². The van der Waals surface area contributed by atoms with Crippen LogP contribution in [0.4, 0.5) is 10.1 Å². The molecular weight excluding hydrogens is 458 g/mol. The number of pyridine rings is 1. The minimum absolute atomic E-state index is 0. The summed E-state index contributed by atoms with van der Waals surface area (Å²) in [6.07, 6.45) is 1.31. The number of nitrogens with zero attached hydrogens (tertiary/aromatic N) is 3. The average Bonchev–Trinajstić information content (AvgIpc) is 2.74. The molecule has 1 fully saturated rings. The second kappa shape index (κ2) is 10.4. The summed E-state index contributed by atoms with van der Waals surface area (Å²) in [7, 11) is -2.66. The zero-order chi connectivity index (χ0) is 21.0. The van der Waals surface area contributed by atoms with Crippen molar-refractivity contribution in [2.24, 2.45) is 0 Å². The van der Waals surface area contributed by atoms with E-state index < -0.39 is 22.0 Å². The van der Waals surface area contributed by atoms with Gasteiger partial charge >= 0.3 is 16.2 Å². The Balaban J connectivity index is 0.00000320. The fourth-order valence-corrected chi connectivity index (χ4v) is 4.64. The van der Waals surface area contributed by atoms with Gasteiger partial charge in [0.1, 0.15) is 5.82 Å². The summed E-state index contributed by atoms with van der Waals surface area (Å²) < 4.78 is 47.3. The number of nitrogens with one attached hydrogen (secondary N) is 1. The topological polar surface area (TPSA) is 91.8 Å². The molecule has 12 heteroatoms. The van der Waals surface area contributed by atoms with E-state index in [1.165, 1.54) is 41.9 Å². The number of ether oxygens (including phenoxy) is 1. The van der Waals surface area contributed by atoms with Gasteiger partial charge in [0.2, 0.25) is 0 Å². The maximum absolute atomic E-state index is 13.6. The molecule has 0 saturated carbocycles. The number of methoxy groups -OCH3 is 1. The highest BCUT2D eigenvalue weighted by Crippen LogP contribution is 2.27.